The molecule has 0 radical (unpaired) electrons. The van der Waals surface area contributed by atoms with Crippen molar-refractivity contribution in [2.45, 2.75) is 11.8 Å². The Labute approximate surface area is 112 Å². The molecule has 1 aromatic rings. The molecule has 0 saturated heterocycles. The van der Waals surface area contributed by atoms with Crippen molar-refractivity contribution in [3.63, 3.8) is 0 Å². The number of carbonyl (C=O) groups excluding carboxylic acids is 1. The first-order chi connectivity index (χ1) is 8.70. The van der Waals surface area contributed by atoms with Gasteiger partial charge in [-0.25, -0.2) is 4.79 Å². The molecule has 98 valence electrons. The zero-order valence-corrected chi connectivity index (χ0v) is 11.4. The van der Waals surface area contributed by atoms with Crippen LogP contribution in [0.1, 0.15) is 6.92 Å². The van der Waals surface area contributed by atoms with Gasteiger partial charge in [0.15, 0.2) is 0 Å². The Balaban J connectivity index is 1.96. The third-order valence-corrected chi connectivity index (χ3v) is 3.03. The molecule has 18 heavy (non-hydrogen) atoms. The smallest absolute Gasteiger partial charge is 0.333 e. The van der Waals surface area contributed by atoms with Crippen molar-refractivity contribution in [2.75, 3.05) is 25.6 Å². The summed E-state index contributed by atoms with van der Waals surface area (Å²) in [6.45, 7) is 6.47. The van der Waals surface area contributed by atoms with E-state index in [9.17, 15) is 4.79 Å². The van der Waals surface area contributed by atoms with E-state index >= 15 is 0 Å². The molecule has 0 aromatic heterocycles. The monoisotopic (exact) mass is 266 g/mol. The van der Waals surface area contributed by atoms with Crippen molar-refractivity contribution >= 4 is 17.7 Å². The van der Waals surface area contributed by atoms with Crippen LogP contribution in [0, 0.1) is 0 Å². The second-order valence-electron chi connectivity index (χ2n) is 3.69. The van der Waals surface area contributed by atoms with E-state index in [-0.39, 0.29) is 12.6 Å². The van der Waals surface area contributed by atoms with Crippen molar-refractivity contribution in [2.24, 2.45) is 0 Å². The van der Waals surface area contributed by atoms with Crippen molar-refractivity contribution < 1.29 is 14.3 Å². The van der Waals surface area contributed by atoms with Gasteiger partial charge < -0.3 is 9.47 Å². The number of carbonyl (C=O) groups is 1. The molecule has 0 fully saturated rings. The summed E-state index contributed by atoms with van der Waals surface area (Å²) < 4.78 is 10.3. The van der Waals surface area contributed by atoms with Crippen LogP contribution in [0.5, 0.6) is 0 Å². The second-order valence-corrected chi connectivity index (χ2v) is 4.86. The minimum absolute atomic E-state index is 0.279. The number of ether oxygens (including phenoxy) is 2. The van der Waals surface area contributed by atoms with E-state index < -0.39 is 0 Å². The van der Waals surface area contributed by atoms with Crippen LogP contribution in [0.4, 0.5) is 0 Å². The third kappa shape index (κ3) is 6.47. The maximum absolute atomic E-state index is 11.0. The summed E-state index contributed by atoms with van der Waals surface area (Å²) in [5.41, 5.74) is 0.412. The lowest BCUT2D eigenvalue weighted by Gasteiger charge is -2.05. The molecule has 0 aliphatic carbocycles. The lowest BCUT2D eigenvalue weighted by Crippen LogP contribution is -2.11. The molecular weight excluding hydrogens is 248 g/mol. The second kappa shape index (κ2) is 8.78. The Hall–Kier alpha value is -1.26. The van der Waals surface area contributed by atoms with Crippen molar-refractivity contribution in [1.29, 1.82) is 0 Å². The van der Waals surface area contributed by atoms with Gasteiger partial charge in [0.2, 0.25) is 0 Å². The fourth-order valence-electron chi connectivity index (χ4n) is 1.15. The minimum Gasteiger partial charge on any atom is -0.460 e. The normalized spacial score (nSPS) is 10.1. The van der Waals surface area contributed by atoms with E-state index in [0.717, 1.165) is 5.75 Å². The average Bonchev–Trinajstić information content (AvgIpc) is 2.38. The van der Waals surface area contributed by atoms with E-state index in [4.69, 9.17) is 9.47 Å². The van der Waals surface area contributed by atoms with Crippen LogP contribution >= 0.6 is 11.8 Å². The van der Waals surface area contributed by atoms with Gasteiger partial charge >= 0.3 is 5.97 Å². The molecule has 0 atom stereocenters. The standard InChI is InChI=1S/C14H18O3S/c1-12(2)14(15)17-9-8-16-10-11-18-13-6-4-3-5-7-13/h3-7H,1,8-11H2,2H3. The third-order valence-electron chi connectivity index (χ3n) is 2.05. The predicted octanol–water partition coefficient (Wildman–Crippen LogP) is 2.91. The number of thioether (sulfide) groups is 1. The first-order valence-corrected chi connectivity index (χ1v) is 6.77. The van der Waals surface area contributed by atoms with Crippen molar-refractivity contribution in [3.05, 3.63) is 42.5 Å². The maximum Gasteiger partial charge on any atom is 0.333 e. The summed E-state index contributed by atoms with van der Waals surface area (Å²) in [5, 5.41) is 0. The zero-order valence-electron chi connectivity index (χ0n) is 10.6. The summed E-state index contributed by atoms with van der Waals surface area (Å²) in [6, 6.07) is 10.2. The molecule has 3 nitrogen and oxygen atoms in total. The molecule has 0 unspecified atom stereocenters. The number of hydrogen-bond donors (Lipinski definition) is 0. The Morgan fingerprint density at radius 2 is 1.94 bits per heavy atom. The van der Waals surface area contributed by atoms with Crippen LogP contribution in [0.2, 0.25) is 0 Å². The van der Waals surface area contributed by atoms with E-state index in [1.807, 2.05) is 18.2 Å². The SMILES string of the molecule is C=C(C)C(=O)OCCOCCSc1ccccc1. The Kier molecular flexibility index (Phi) is 7.22. The van der Waals surface area contributed by atoms with Gasteiger partial charge in [-0.05, 0) is 19.1 Å². The highest BCUT2D eigenvalue weighted by molar-refractivity contribution is 7.99. The van der Waals surface area contributed by atoms with Gasteiger partial charge in [-0.15, -0.1) is 11.8 Å². The van der Waals surface area contributed by atoms with Gasteiger partial charge in [-0.3, -0.25) is 0 Å². The molecule has 0 aliphatic rings. The molecule has 1 rings (SSSR count). The average molecular weight is 266 g/mol. The molecule has 0 heterocycles. The molecule has 4 heteroatoms. The van der Waals surface area contributed by atoms with Crippen LogP contribution in [0.15, 0.2) is 47.4 Å². The Morgan fingerprint density at radius 3 is 2.61 bits per heavy atom. The van der Waals surface area contributed by atoms with Gasteiger partial charge in [0, 0.05) is 16.2 Å². The van der Waals surface area contributed by atoms with E-state index in [1.54, 1.807) is 18.7 Å². The number of hydrogen-bond acceptors (Lipinski definition) is 4. The fraction of sp³-hybridized carbons (Fsp3) is 0.357. The number of rotatable bonds is 8. The van der Waals surface area contributed by atoms with E-state index in [0.29, 0.717) is 18.8 Å². The van der Waals surface area contributed by atoms with Gasteiger partial charge in [-0.2, -0.15) is 0 Å². The molecule has 0 aliphatic heterocycles. The zero-order chi connectivity index (χ0) is 13.2. The maximum atomic E-state index is 11.0. The molecular formula is C14H18O3S. The lowest BCUT2D eigenvalue weighted by molar-refractivity contribution is -0.140. The van der Waals surface area contributed by atoms with Gasteiger partial charge in [-0.1, -0.05) is 24.8 Å². The summed E-state index contributed by atoms with van der Waals surface area (Å²) in [5.74, 6) is 0.524. The molecule has 0 bridgehead atoms. The summed E-state index contributed by atoms with van der Waals surface area (Å²) >= 11 is 1.74. The van der Waals surface area contributed by atoms with Crippen molar-refractivity contribution in [1.82, 2.24) is 0 Å². The molecule has 0 saturated carbocycles. The van der Waals surface area contributed by atoms with Gasteiger partial charge in [0.05, 0.1) is 13.2 Å². The molecule has 1 aromatic carbocycles. The topological polar surface area (TPSA) is 35.5 Å². The highest BCUT2D eigenvalue weighted by Gasteiger charge is 2.01. The number of benzene rings is 1. The fourth-order valence-corrected chi connectivity index (χ4v) is 1.94. The van der Waals surface area contributed by atoms with Gasteiger partial charge in [0.1, 0.15) is 6.61 Å². The Bertz CT molecular complexity index is 376. The quantitative estimate of drug-likeness (QED) is 0.314. The lowest BCUT2D eigenvalue weighted by atomic mass is 10.4. The van der Waals surface area contributed by atoms with Crippen molar-refractivity contribution in [3.8, 4) is 0 Å². The Morgan fingerprint density at radius 1 is 1.22 bits per heavy atom. The molecule has 0 N–H and O–H groups in total. The highest BCUT2D eigenvalue weighted by Crippen LogP contribution is 2.16. The highest BCUT2D eigenvalue weighted by atomic mass is 32.2. The summed E-state index contributed by atoms with van der Waals surface area (Å²) in [6.07, 6.45) is 0. The molecule has 0 amide bonds. The van der Waals surface area contributed by atoms with Gasteiger partial charge in [0.25, 0.3) is 0 Å². The predicted molar refractivity (Wildman–Crippen MR) is 73.8 cm³/mol. The minimum atomic E-state index is -0.364. The first kappa shape index (κ1) is 14.8. The summed E-state index contributed by atoms with van der Waals surface area (Å²) in [4.78, 5) is 12.3. The van der Waals surface area contributed by atoms with E-state index in [1.165, 1.54) is 4.90 Å². The molecule has 0 spiro atoms. The summed E-state index contributed by atoms with van der Waals surface area (Å²) in [7, 11) is 0. The van der Waals surface area contributed by atoms with Crippen LogP contribution < -0.4 is 0 Å². The largest absolute Gasteiger partial charge is 0.460 e. The van der Waals surface area contributed by atoms with Crippen LogP contribution in [-0.4, -0.2) is 31.5 Å². The number of esters is 1. The van der Waals surface area contributed by atoms with Crippen LogP contribution in [0.25, 0.3) is 0 Å². The van der Waals surface area contributed by atoms with Crippen LogP contribution in [-0.2, 0) is 14.3 Å². The van der Waals surface area contributed by atoms with Crippen LogP contribution in [0.3, 0.4) is 0 Å². The van der Waals surface area contributed by atoms with E-state index in [2.05, 4.69) is 18.7 Å². The first-order valence-electron chi connectivity index (χ1n) is 5.78.